The SMILES string of the molecule is N#CC[C@@H]1CCC2(S(=O)(=O)c3ccc(Cl)cc3)c3c(F)ccc(F)c3OC[C@H]2C1. The van der Waals surface area contributed by atoms with Crippen molar-refractivity contribution in [3.8, 4) is 11.8 Å². The van der Waals surface area contributed by atoms with E-state index in [2.05, 4.69) is 6.07 Å². The van der Waals surface area contributed by atoms with Gasteiger partial charge >= 0.3 is 0 Å². The van der Waals surface area contributed by atoms with Crippen molar-refractivity contribution in [3.05, 3.63) is 58.6 Å². The van der Waals surface area contributed by atoms with E-state index in [0.717, 1.165) is 12.1 Å². The van der Waals surface area contributed by atoms with Crippen LogP contribution in [0.1, 0.15) is 31.2 Å². The molecule has 1 unspecified atom stereocenters. The average molecular weight is 438 g/mol. The Hall–Kier alpha value is -2.17. The lowest BCUT2D eigenvalue weighted by Crippen LogP contribution is -2.52. The van der Waals surface area contributed by atoms with Crippen LogP contribution in [0.25, 0.3) is 0 Å². The number of hydrogen-bond donors (Lipinski definition) is 0. The van der Waals surface area contributed by atoms with Gasteiger partial charge in [-0.25, -0.2) is 17.2 Å². The van der Waals surface area contributed by atoms with E-state index in [1.54, 1.807) is 0 Å². The summed E-state index contributed by atoms with van der Waals surface area (Å²) in [6, 6.07) is 9.71. The molecule has 0 bridgehead atoms. The maximum absolute atomic E-state index is 15.0. The smallest absolute Gasteiger partial charge is 0.188 e. The van der Waals surface area contributed by atoms with Crippen molar-refractivity contribution in [2.45, 2.75) is 35.3 Å². The summed E-state index contributed by atoms with van der Waals surface area (Å²) >= 11 is 5.91. The maximum Gasteiger partial charge on any atom is 0.188 e. The van der Waals surface area contributed by atoms with Gasteiger partial charge in [-0.05, 0) is 61.6 Å². The van der Waals surface area contributed by atoms with Crippen LogP contribution in [-0.4, -0.2) is 15.0 Å². The third-order valence-electron chi connectivity index (χ3n) is 6.10. The van der Waals surface area contributed by atoms with Gasteiger partial charge in [-0.1, -0.05) is 11.6 Å². The number of benzene rings is 2. The number of hydrogen-bond acceptors (Lipinski definition) is 4. The molecule has 2 aromatic rings. The molecule has 0 N–H and O–H groups in total. The number of halogens is 3. The fourth-order valence-electron chi connectivity index (χ4n) is 4.74. The molecular formula is C21H18ClF2NO3S. The van der Waals surface area contributed by atoms with E-state index in [9.17, 15) is 12.8 Å². The Morgan fingerprint density at radius 3 is 2.55 bits per heavy atom. The van der Waals surface area contributed by atoms with E-state index in [1.165, 1.54) is 24.3 Å². The van der Waals surface area contributed by atoms with Crippen LogP contribution >= 0.6 is 11.6 Å². The molecule has 0 spiro atoms. The Morgan fingerprint density at radius 2 is 1.86 bits per heavy atom. The maximum atomic E-state index is 15.0. The first-order valence-electron chi connectivity index (χ1n) is 9.29. The zero-order chi connectivity index (χ0) is 20.8. The minimum absolute atomic E-state index is 0.00199. The van der Waals surface area contributed by atoms with Crippen molar-refractivity contribution in [2.75, 3.05) is 6.61 Å². The van der Waals surface area contributed by atoms with Gasteiger partial charge in [-0.15, -0.1) is 0 Å². The van der Waals surface area contributed by atoms with E-state index in [-0.39, 0.29) is 41.6 Å². The number of ether oxygens (including phenoxy) is 1. The molecule has 0 aromatic heterocycles. The van der Waals surface area contributed by atoms with E-state index >= 15 is 4.39 Å². The highest BCUT2D eigenvalue weighted by Gasteiger charge is 2.59. The van der Waals surface area contributed by atoms with E-state index in [4.69, 9.17) is 21.6 Å². The van der Waals surface area contributed by atoms with Crippen molar-refractivity contribution >= 4 is 21.4 Å². The molecule has 29 heavy (non-hydrogen) atoms. The molecule has 2 aliphatic rings. The third-order valence-corrected chi connectivity index (χ3v) is 8.94. The zero-order valence-corrected chi connectivity index (χ0v) is 16.9. The van der Waals surface area contributed by atoms with Crippen LogP contribution in [0.5, 0.6) is 5.75 Å². The first-order chi connectivity index (χ1) is 13.8. The van der Waals surface area contributed by atoms with Gasteiger partial charge in [0, 0.05) is 17.4 Å². The van der Waals surface area contributed by atoms with Gasteiger partial charge in [-0.2, -0.15) is 5.26 Å². The predicted molar refractivity (Wildman–Crippen MR) is 103 cm³/mol. The topological polar surface area (TPSA) is 67.2 Å². The first kappa shape index (κ1) is 20.1. The largest absolute Gasteiger partial charge is 0.490 e. The summed E-state index contributed by atoms with van der Waals surface area (Å²) in [5.41, 5.74) is -0.237. The standard InChI is InChI=1S/C21H18ClF2NO3S/c22-15-1-3-16(4-2-15)29(26,27)21-9-7-13(8-10-25)11-14(21)12-28-20-18(24)6-5-17(23)19(20)21/h1-6,13-14H,7-9,11-12H2/t13-,14+,21?/m0/s1. The molecule has 8 heteroatoms. The van der Waals surface area contributed by atoms with Crippen molar-refractivity contribution in [3.63, 3.8) is 0 Å². The number of rotatable bonds is 3. The number of nitrogens with zero attached hydrogens (tertiary/aromatic N) is 1. The Morgan fingerprint density at radius 1 is 1.17 bits per heavy atom. The molecule has 0 saturated heterocycles. The summed E-state index contributed by atoms with van der Waals surface area (Å²) < 4.78 is 61.2. The van der Waals surface area contributed by atoms with Crippen LogP contribution in [0.2, 0.25) is 5.02 Å². The van der Waals surface area contributed by atoms with Crippen LogP contribution in [0.15, 0.2) is 41.3 Å². The van der Waals surface area contributed by atoms with Gasteiger partial charge in [0.15, 0.2) is 21.4 Å². The van der Waals surface area contributed by atoms with Gasteiger partial charge in [0.05, 0.1) is 23.1 Å². The average Bonchev–Trinajstić information content (AvgIpc) is 2.70. The lowest BCUT2D eigenvalue weighted by molar-refractivity contribution is 0.0992. The molecule has 1 aliphatic heterocycles. The summed E-state index contributed by atoms with van der Waals surface area (Å²) in [5, 5.41) is 9.43. The molecule has 0 amide bonds. The van der Waals surface area contributed by atoms with Crippen molar-refractivity contribution in [1.82, 2.24) is 0 Å². The summed E-state index contributed by atoms with van der Waals surface area (Å²) in [5.74, 6) is -2.54. The molecule has 0 radical (unpaired) electrons. The van der Waals surface area contributed by atoms with Crippen LogP contribution in [-0.2, 0) is 14.6 Å². The molecule has 2 aromatic carbocycles. The summed E-state index contributed by atoms with van der Waals surface area (Å²) in [7, 11) is -4.12. The van der Waals surface area contributed by atoms with Gasteiger partial charge in [-0.3, -0.25) is 0 Å². The quantitative estimate of drug-likeness (QED) is 0.677. The highest BCUT2D eigenvalue weighted by molar-refractivity contribution is 7.92. The van der Waals surface area contributed by atoms with Gasteiger partial charge in [0.25, 0.3) is 0 Å². The van der Waals surface area contributed by atoms with E-state index in [1.807, 2.05) is 0 Å². The van der Waals surface area contributed by atoms with Crippen LogP contribution < -0.4 is 4.74 Å². The Labute approximate surface area is 173 Å². The molecule has 1 heterocycles. The highest BCUT2D eigenvalue weighted by atomic mass is 35.5. The van der Waals surface area contributed by atoms with Crippen LogP contribution in [0, 0.1) is 34.8 Å². The number of sulfone groups is 1. The molecule has 4 nitrogen and oxygen atoms in total. The molecular weight excluding hydrogens is 420 g/mol. The fourth-order valence-corrected chi connectivity index (χ4v) is 7.23. The second-order valence-corrected chi connectivity index (χ2v) is 10.2. The summed E-state index contributed by atoms with van der Waals surface area (Å²) in [6.07, 6.45) is 1.18. The number of fused-ring (bicyclic) bond motifs is 3. The highest BCUT2D eigenvalue weighted by Crippen LogP contribution is 2.57. The van der Waals surface area contributed by atoms with Crippen LogP contribution in [0.4, 0.5) is 8.78 Å². The lowest BCUT2D eigenvalue weighted by atomic mass is 9.68. The molecule has 1 saturated carbocycles. The minimum atomic E-state index is -4.12. The molecule has 152 valence electrons. The Kier molecular flexibility index (Phi) is 5.04. The minimum Gasteiger partial charge on any atom is -0.490 e. The van der Waals surface area contributed by atoms with Crippen molar-refractivity contribution in [2.24, 2.45) is 11.8 Å². The van der Waals surface area contributed by atoms with Gasteiger partial charge in [0.2, 0.25) is 0 Å². The normalized spacial score (nSPS) is 26.0. The lowest BCUT2D eigenvalue weighted by Gasteiger charge is -2.48. The monoisotopic (exact) mass is 437 g/mol. The second-order valence-electron chi connectivity index (χ2n) is 7.59. The Bertz CT molecular complexity index is 1100. The number of nitriles is 1. The fraction of sp³-hybridized carbons (Fsp3) is 0.381. The molecule has 1 fully saturated rings. The predicted octanol–water partition coefficient (Wildman–Crippen LogP) is 5.01. The molecule has 3 atom stereocenters. The van der Waals surface area contributed by atoms with Crippen molar-refractivity contribution in [1.29, 1.82) is 5.26 Å². The summed E-state index contributed by atoms with van der Waals surface area (Å²) in [6.45, 7) is -0.0535. The second kappa shape index (κ2) is 7.26. The third kappa shape index (κ3) is 3.01. The van der Waals surface area contributed by atoms with E-state index < -0.39 is 32.1 Å². The van der Waals surface area contributed by atoms with E-state index in [0.29, 0.717) is 17.9 Å². The van der Waals surface area contributed by atoms with Crippen LogP contribution in [0.3, 0.4) is 0 Å². The van der Waals surface area contributed by atoms with Gasteiger partial charge in [0.1, 0.15) is 10.6 Å². The van der Waals surface area contributed by atoms with Gasteiger partial charge < -0.3 is 4.74 Å². The molecule has 4 rings (SSSR count). The zero-order valence-electron chi connectivity index (χ0n) is 15.4. The Balaban J connectivity index is 1.96. The summed E-state index contributed by atoms with van der Waals surface area (Å²) in [4.78, 5) is 0.00199. The van der Waals surface area contributed by atoms with Crippen molar-refractivity contribution < 1.29 is 21.9 Å². The molecule has 1 aliphatic carbocycles. The first-order valence-corrected chi connectivity index (χ1v) is 11.2.